The molecule has 5 nitrogen and oxygen atoms in total. The number of anilines is 1. The first-order chi connectivity index (χ1) is 13.3. The van der Waals surface area contributed by atoms with Gasteiger partial charge in [-0.2, -0.15) is 0 Å². The first kappa shape index (κ1) is 22.0. The number of sulfonamides is 1. The second-order valence-corrected chi connectivity index (χ2v) is 9.12. The van der Waals surface area contributed by atoms with Crippen LogP contribution >= 0.6 is 0 Å². The van der Waals surface area contributed by atoms with Crippen LogP contribution in [0.15, 0.2) is 54.6 Å². The third-order valence-corrected chi connectivity index (χ3v) is 5.85. The summed E-state index contributed by atoms with van der Waals surface area (Å²) in [6, 6.07) is 17.6. The lowest BCUT2D eigenvalue weighted by Crippen LogP contribution is -2.35. The molecule has 0 saturated carbocycles. The summed E-state index contributed by atoms with van der Waals surface area (Å²) < 4.78 is 25.7. The number of nitrogens with zero attached hydrogens (tertiary/aromatic N) is 1. The van der Waals surface area contributed by atoms with Gasteiger partial charge in [-0.25, -0.2) is 8.42 Å². The van der Waals surface area contributed by atoms with Crippen molar-refractivity contribution >= 4 is 21.6 Å². The largest absolute Gasteiger partial charge is 0.354 e. The van der Waals surface area contributed by atoms with E-state index in [1.807, 2.05) is 50.2 Å². The zero-order valence-electron chi connectivity index (χ0n) is 16.9. The molecule has 0 aliphatic rings. The van der Waals surface area contributed by atoms with Crippen LogP contribution in [0.5, 0.6) is 0 Å². The fourth-order valence-corrected chi connectivity index (χ4v) is 4.16. The van der Waals surface area contributed by atoms with E-state index >= 15 is 0 Å². The SMILES string of the molecule is Cc1ccccc1N(CCCC(=O)NC(C)CCc1ccccc1)S(C)(=O)=O. The molecule has 0 heterocycles. The molecule has 0 saturated heterocycles. The molecular formula is C22H30N2O3S. The van der Waals surface area contributed by atoms with E-state index in [1.54, 1.807) is 6.07 Å². The predicted octanol–water partition coefficient (Wildman–Crippen LogP) is 3.68. The second kappa shape index (κ2) is 10.3. The molecule has 0 fully saturated rings. The summed E-state index contributed by atoms with van der Waals surface area (Å²) in [5.74, 6) is -0.0428. The summed E-state index contributed by atoms with van der Waals surface area (Å²) >= 11 is 0. The smallest absolute Gasteiger partial charge is 0.232 e. The van der Waals surface area contributed by atoms with Gasteiger partial charge in [-0.05, 0) is 50.3 Å². The van der Waals surface area contributed by atoms with Gasteiger partial charge < -0.3 is 5.32 Å². The van der Waals surface area contributed by atoms with Crippen LogP contribution in [0.1, 0.15) is 37.3 Å². The average Bonchev–Trinajstić information content (AvgIpc) is 2.64. The molecule has 0 aromatic heterocycles. The second-order valence-electron chi connectivity index (χ2n) is 7.22. The molecule has 0 bridgehead atoms. The molecule has 6 heteroatoms. The molecule has 1 atom stereocenters. The van der Waals surface area contributed by atoms with E-state index in [1.165, 1.54) is 16.1 Å². The summed E-state index contributed by atoms with van der Waals surface area (Å²) in [5.41, 5.74) is 2.82. The van der Waals surface area contributed by atoms with Crippen molar-refractivity contribution in [2.75, 3.05) is 17.1 Å². The molecule has 0 radical (unpaired) electrons. The minimum Gasteiger partial charge on any atom is -0.354 e. The highest BCUT2D eigenvalue weighted by molar-refractivity contribution is 7.92. The lowest BCUT2D eigenvalue weighted by Gasteiger charge is -2.24. The molecule has 1 N–H and O–H groups in total. The standard InChI is InChI=1S/C22H30N2O3S/c1-18-10-7-8-13-21(18)24(28(3,26)27)17-9-14-22(25)23-19(2)15-16-20-11-5-4-6-12-20/h4-8,10-13,19H,9,14-17H2,1-3H3,(H,23,25). The van der Waals surface area contributed by atoms with Crippen LogP contribution in [0, 0.1) is 6.92 Å². The van der Waals surface area contributed by atoms with Crippen LogP contribution in [0.3, 0.4) is 0 Å². The Balaban J connectivity index is 1.81. The zero-order chi connectivity index (χ0) is 20.6. The molecule has 2 aromatic carbocycles. The lowest BCUT2D eigenvalue weighted by molar-refractivity contribution is -0.121. The third kappa shape index (κ3) is 7.00. The Morgan fingerprint density at radius 1 is 1.07 bits per heavy atom. The van der Waals surface area contributed by atoms with Crippen molar-refractivity contribution < 1.29 is 13.2 Å². The molecular weight excluding hydrogens is 372 g/mol. The maximum atomic E-state index is 12.2. The Labute approximate surface area is 168 Å². The van der Waals surface area contributed by atoms with Gasteiger partial charge in [0.05, 0.1) is 11.9 Å². The minimum atomic E-state index is -3.40. The van der Waals surface area contributed by atoms with E-state index in [0.717, 1.165) is 18.4 Å². The van der Waals surface area contributed by atoms with E-state index in [-0.39, 0.29) is 18.5 Å². The Kier molecular flexibility index (Phi) is 8.05. The van der Waals surface area contributed by atoms with Gasteiger partial charge in [-0.15, -0.1) is 0 Å². The number of hydrogen-bond acceptors (Lipinski definition) is 3. The minimum absolute atomic E-state index is 0.0428. The highest BCUT2D eigenvalue weighted by Crippen LogP contribution is 2.22. The summed E-state index contributed by atoms with van der Waals surface area (Å²) in [7, 11) is -3.40. The predicted molar refractivity (Wildman–Crippen MR) is 115 cm³/mol. The number of benzene rings is 2. The van der Waals surface area contributed by atoms with Gasteiger partial charge >= 0.3 is 0 Å². The summed E-state index contributed by atoms with van der Waals surface area (Å²) in [4.78, 5) is 12.2. The highest BCUT2D eigenvalue weighted by atomic mass is 32.2. The number of hydrogen-bond donors (Lipinski definition) is 1. The van der Waals surface area contributed by atoms with Crippen molar-refractivity contribution in [2.24, 2.45) is 0 Å². The van der Waals surface area contributed by atoms with Gasteiger partial charge in [0.1, 0.15) is 0 Å². The van der Waals surface area contributed by atoms with Crippen LogP contribution < -0.4 is 9.62 Å². The molecule has 28 heavy (non-hydrogen) atoms. The number of amides is 1. The van der Waals surface area contributed by atoms with E-state index in [4.69, 9.17) is 0 Å². The van der Waals surface area contributed by atoms with Crippen molar-refractivity contribution in [3.05, 3.63) is 65.7 Å². The first-order valence-electron chi connectivity index (χ1n) is 9.64. The van der Waals surface area contributed by atoms with Crippen molar-refractivity contribution in [2.45, 2.75) is 45.6 Å². The maximum absolute atomic E-state index is 12.2. The van der Waals surface area contributed by atoms with Crippen LogP contribution in [-0.2, 0) is 21.2 Å². The molecule has 0 aliphatic heterocycles. The topological polar surface area (TPSA) is 66.5 Å². The molecule has 0 aliphatic carbocycles. The van der Waals surface area contributed by atoms with Crippen LogP contribution in [0.4, 0.5) is 5.69 Å². The summed E-state index contributed by atoms with van der Waals surface area (Å²) in [6.07, 6.45) is 3.75. The number of para-hydroxylation sites is 1. The van der Waals surface area contributed by atoms with Gasteiger partial charge in [0.2, 0.25) is 15.9 Å². The van der Waals surface area contributed by atoms with Crippen LogP contribution in [-0.4, -0.2) is 33.2 Å². The lowest BCUT2D eigenvalue weighted by atomic mass is 10.1. The Bertz CT molecular complexity index is 866. The van der Waals surface area contributed by atoms with Gasteiger partial charge in [-0.1, -0.05) is 48.5 Å². The number of carbonyl (C=O) groups excluding carboxylic acids is 1. The van der Waals surface area contributed by atoms with E-state index in [9.17, 15) is 13.2 Å². The molecule has 1 amide bonds. The van der Waals surface area contributed by atoms with E-state index < -0.39 is 10.0 Å². The maximum Gasteiger partial charge on any atom is 0.232 e. The number of rotatable bonds is 10. The molecule has 0 spiro atoms. The fourth-order valence-electron chi connectivity index (χ4n) is 3.14. The number of nitrogens with one attached hydrogen (secondary N) is 1. The average molecular weight is 403 g/mol. The summed E-state index contributed by atoms with van der Waals surface area (Å²) in [5, 5.41) is 3.01. The highest BCUT2D eigenvalue weighted by Gasteiger charge is 2.19. The molecule has 152 valence electrons. The molecule has 2 rings (SSSR count). The van der Waals surface area contributed by atoms with Gasteiger partial charge in [0, 0.05) is 19.0 Å². The summed E-state index contributed by atoms with van der Waals surface area (Å²) in [6.45, 7) is 4.17. The van der Waals surface area contributed by atoms with E-state index in [0.29, 0.717) is 18.5 Å². The number of carbonyl (C=O) groups is 1. The van der Waals surface area contributed by atoms with Gasteiger partial charge in [0.15, 0.2) is 0 Å². The van der Waals surface area contributed by atoms with Crippen molar-refractivity contribution in [1.82, 2.24) is 5.32 Å². The molecule has 2 aromatic rings. The monoisotopic (exact) mass is 402 g/mol. The van der Waals surface area contributed by atoms with Crippen molar-refractivity contribution in [3.8, 4) is 0 Å². The molecule has 1 unspecified atom stereocenters. The van der Waals surface area contributed by atoms with Gasteiger partial charge in [0.25, 0.3) is 0 Å². The Morgan fingerprint density at radius 3 is 2.36 bits per heavy atom. The normalized spacial score (nSPS) is 12.4. The van der Waals surface area contributed by atoms with Crippen molar-refractivity contribution in [1.29, 1.82) is 0 Å². The first-order valence-corrected chi connectivity index (χ1v) is 11.5. The third-order valence-electron chi connectivity index (χ3n) is 4.67. The Hall–Kier alpha value is -2.34. The van der Waals surface area contributed by atoms with Crippen LogP contribution in [0.25, 0.3) is 0 Å². The van der Waals surface area contributed by atoms with Crippen LogP contribution in [0.2, 0.25) is 0 Å². The zero-order valence-corrected chi connectivity index (χ0v) is 17.7. The quantitative estimate of drug-likeness (QED) is 0.659. The van der Waals surface area contributed by atoms with Gasteiger partial charge in [-0.3, -0.25) is 9.10 Å². The van der Waals surface area contributed by atoms with Crippen molar-refractivity contribution in [3.63, 3.8) is 0 Å². The Morgan fingerprint density at radius 2 is 1.71 bits per heavy atom. The van der Waals surface area contributed by atoms with E-state index in [2.05, 4.69) is 17.4 Å². The fraction of sp³-hybridized carbons (Fsp3) is 0.409. The number of aryl methyl sites for hydroxylation is 2.